The zero-order valence-corrected chi connectivity index (χ0v) is 26.7. The lowest BCUT2D eigenvalue weighted by molar-refractivity contribution is -0.168. The number of hydrogen-bond acceptors (Lipinski definition) is 7. The van der Waals surface area contributed by atoms with Gasteiger partial charge in [-0.15, -0.1) is 23.2 Å². The molecular formula is C27H47Cl2N2O6P. The molecule has 0 bridgehead atoms. The second-order valence-corrected chi connectivity index (χ2v) is 13.6. The minimum absolute atomic E-state index is 0.0858. The number of carbonyl (C=O) groups excluding carboxylic acids is 1. The van der Waals surface area contributed by atoms with E-state index >= 15 is 0 Å². The standard InChI is InChI=1S/C27H47Cl2N2O6P/c1-9-34-27(8,35-10-2)38(33,36-11-3)20-22(19-30-25(32)37-26(5,6)7)24-18-23(13-12-21(24)4)31(16-14-28)17-15-29/h12-13,18,22H,9-11,14-17,19-20H2,1-8H3,(H,30,32). The van der Waals surface area contributed by atoms with E-state index in [0.717, 1.165) is 16.8 Å². The molecule has 0 aliphatic carbocycles. The Kier molecular flexibility index (Phi) is 15.0. The highest BCUT2D eigenvalue weighted by Crippen LogP contribution is 2.62. The Hall–Kier alpha value is -1.02. The zero-order valence-electron chi connectivity index (χ0n) is 24.3. The predicted octanol–water partition coefficient (Wildman–Crippen LogP) is 6.95. The Morgan fingerprint density at radius 1 is 1.03 bits per heavy atom. The number of carbonyl (C=O) groups is 1. The van der Waals surface area contributed by atoms with Crippen molar-refractivity contribution in [1.82, 2.24) is 5.32 Å². The molecule has 1 amide bonds. The van der Waals surface area contributed by atoms with Gasteiger partial charge in [0.1, 0.15) is 5.60 Å². The van der Waals surface area contributed by atoms with E-state index in [1.165, 1.54) is 0 Å². The average Bonchev–Trinajstić information content (AvgIpc) is 2.81. The van der Waals surface area contributed by atoms with E-state index in [0.29, 0.717) is 38.1 Å². The molecule has 1 aromatic rings. The van der Waals surface area contributed by atoms with Gasteiger partial charge < -0.3 is 29.0 Å². The molecule has 8 nitrogen and oxygen atoms in total. The van der Waals surface area contributed by atoms with Crippen molar-refractivity contribution in [1.29, 1.82) is 0 Å². The van der Waals surface area contributed by atoms with Gasteiger partial charge in [-0.25, -0.2) is 4.79 Å². The van der Waals surface area contributed by atoms with Crippen LogP contribution in [0.2, 0.25) is 0 Å². The lowest BCUT2D eigenvalue weighted by atomic mass is 9.95. The smallest absolute Gasteiger partial charge is 0.407 e. The summed E-state index contributed by atoms with van der Waals surface area (Å²) < 4.78 is 37.8. The molecule has 0 aliphatic heterocycles. The maximum atomic E-state index is 14.5. The summed E-state index contributed by atoms with van der Waals surface area (Å²) in [4.78, 5) is 14.7. The lowest BCUT2D eigenvalue weighted by Crippen LogP contribution is -2.38. The van der Waals surface area contributed by atoms with Crippen molar-refractivity contribution in [2.24, 2.45) is 0 Å². The molecule has 11 heteroatoms. The van der Waals surface area contributed by atoms with Gasteiger partial charge in [-0.2, -0.15) is 0 Å². The van der Waals surface area contributed by atoms with E-state index in [2.05, 4.69) is 10.2 Å². The number of anilines is 1. The van der Waals surface area contributed by atoms with Gasteiger partial charge in [-0.1, -0.05) is 6.07 Å². The Morgan fingerprint density at radius 2 is 1.61 bits per heavy atom. The minimum Gasteiger partial charge on any atom is -0.444 e. The second-order valence-electron chi connectivity index (χ2n) is 10.0. The zero-order chi connectivity index (χ0) is 29.0. The molecule has 38 heavy (non-hydrogen) atoms. The number of aryl methyl sites for hydroxylation is 1. The van der Waals surface area contributed by atoms with E-state index in [4.69, 9.17) is 41.9 Å². The first-order chi connectivity index (χ1) is 17.8. The van der Waals surface area contributed by atoms with Crippen molar-refractivity contribution >= 4 is 42.4 Å². The maximum Gasteiger partial charge on any atom is 0.407 e. The first-order valence-corrected chi connectivity index (χ1v) is 16.1. The summed E-state index contributed by atoms with van der Waals surface area (Å²) in [5, 5.41) is 2.87. The van der Waals surface area contributed by atoms with Crippen LogP contribution < -0.4 is 10.2 Å². The van der Waals surface area contributed by atoms with Crippen LogP contribution in [0.5, 0.6) is 0 Å². The Balaban J connectivity index is 3.58. The number of hydrogen-bond donors (Lipinski definition) is 1. The van der Waals surface area contributed by atoms with E-state index in [1.54, 1.807) is 34.6 Å². The SMILES string of the molecule is CCOC(C)(OCC)P(=O)(CC(CNC(=O)OC(C)(C)C)c1cc(N(CCCl)CCCl)ccc1C)OCC. The third-order valence-corrected chi connectivity index (χ3v) is 9.34. The average molecular weight is 598 g/mol. The molecule has 1 aromatic carbocycles. The van der Waals surface area contributed by atoms with Crippen LogP contribution in [-0.4, -0.2) is 74.6 Å². The number of ether oxygens (including phenoxy) is 3. The third kappa shape index (κ3) is 10.5. The molecule has 0 saturated heterocycles. The Morgan fingerprint density at radius 3 is 2.08 bits per heavy atom. The van der Waals surface area contributed by atoms with Crippen molar-refractivity contribution in [3.05, 3.63) is 29.3 Å². The third-order valence-electron chi connectivity index (χ3n) is 5.91. The molecule has 2 atom stereocenters. The summed E-state index contributed by atoms with van der Waals surface area (Å²) >= 11 is 12.1. The number of alkyl carbamates (subject to hydrolysis) is 1. The number of alkyl halides is 2. The van der Waals surface area contributed by atoms with Gasteiger partial charge in [0, 0.05) is 62.4 Å². The number of halogens is 2. The largest absolute Gasteiger partial charge is 0.444 e. The van der Waals surface area contributed by atoms with Crippen molar-refractivity contribution < 1.29 is 28.1 Å². The van der Waals surface area contributed by atoms with Gasteiger partial charge in [-0.3, -0.25) is 4.57 Å². The molecule has 2 unspecified atom stereocenters. The van der Waals surface area contributed by atoms with Crippen LogP contribution in [0.4, 0.5) is 10.5 Å². The summed E-state index contributed by atoms with van der Waals surface area (Å²) in [6, 6.07) is 6.07. The fourth-order valence-corrected chi connectivity index (χ4v) is 7.29. The maximum absolute atomic E-state index is 14.5. The van der Waals surface area contributed by atoms with Crippen molar-refractivity contribution in [2.45, 2.75) is 72.4 Å². The summed E-state index contributed by atoms with van der Waals surface area (Å²) in [7, 11) is -3.57. The molecule has 1 N–H and O–H groups in total. The number of nitrogens with one attached hydrogen (secondary N) is 1. The highest BCUT2D eigenvalue weighted by atomic mass is 35.5. The summed E-state index contributed by atoms with van der Waals surface area (Å²) in [5.74, 6) is 0.503. The number of benzene rings is 1. The van der Waals surface area contributed by atoms with Gasteiger partial charge in [0.2, 0.25) is 5.53 Å². The molecule has 0 heterocycles. The monoisotopic (exact) mass is 596 g/mol. The second kappa shape index (κ2) is 16.3. The normalized spacial score (nSPS) is 14.6. The number of rotatable bonds is 17. The van der Waals surface area contributed by atoms with Gasteiger partial charge in [0.25, 0.3) is 7.37 Å². The van der Waals surface area contributed by atoms with Crippen LogP contribution in [0.1, 0.15) is 65.5 Å². The fraction of sp³-hybridized carbons (Fsp3) is 0.741. The van der Waals surface area contributed by atoms with Gasteiger partial charge in [-0.05, 0) is 78.6 Å². The highest BCUT2D eigenvalue weighted by Gasteiger charge is 2.49. The van der Waals surface area contributed by atoms with Crippen molar-refractivity contribution in [3.8, 4) is 0 Å². The summed E-state index contributed by atoms with van der Waals surface area (Å²) in [6.07, 6.45) is -0.464. The first-order valence-electron chi connectivity index (χ1n) is 13.3. The van der Waals surface area contributed by atoms with Crippen LogP contribution in [0, 0.1) is 6.92 Å². The molecule has 1 rings (SSSR count). The minimum atomic E-state index is -3.57. The van der Waals surface area contributed by atoms with Crippen LogP contribution in [0.25, 0.3) is 0 Å². The van der Waals surface area contributed by atoms with E-state index < -0.39 is 30.5 Å². The van der Waals surface area contributed by atoms with Crippen LogP contribution in [0.3, 0.4) is 0 Å². The van der Waals surface area contributed by atoms with Crippen molar-refractivity contribution in [2.75, 3.05) is 62.3 Å². The summed E-state index contributed by atoms with van der Waals surface area (Å²) in [5.41, 5.74) is 0.757. The first kappa shape index (κ1) is 35.0. The lowest BCUT2D eigenvalue weighted by Gasteiger charge is -2.38. The quantitative estimate of drug-likeness (QED) is 0.118. The van der Waals surface area contributed by atoms with E-state index in [-0.39, 0.29) is 19.3 Å². The van der Waals surface area contributed by atoms with Gasteiger partial charge >= 0.3 is 6.09 Å². The van der Waals surface area contributed by atoms with E-state index in [9.17, 15) is 9.36 Å². The molecule has 0 radical (unpaired) electrons. The van der Waals surface area contributed by atoms with Gasteiger partial charge in [0.05, 0.1) is 6.61 Å². The topological polar surface area (TPSA) is 86.3 Å². The number of nitrogens with zero attached hydrogens (tertiary/aromatic N) is 1. The predicted molar refractivity (Wildman–Crippen MR) is 158 cm³/mol. The highest BCUT2D eigenvalue weighted by molar-refractivity contribution is 7.60. The molecule has 220 valence electrons. The van der Waals surface area contributed by atoms with Crippen LogP contribution >= 0.6 is 30.6 Å². The van der Waals surface area contributed by atoms with Crippen molar-refractivity contribution in [3.63, 3.8) is 0 Å². The molecular weight excluding hydrogens is 550 g/mol. The molecule has 0 aromatic heterocycles. The number of amides is 1. The Labute approximate surface area is 239 Å². The molecule has 0 fully saturated rings. The molecule has 0 aliphatic rings. The van der Waals surface area contributed by atoms with E-state index in [1.807, 2.05) is 39.0 Å². The van der Waals surface area contributed by atoms with Crippen LogP contribution in [-0.2, 0) is 23.3 Å². The Bertz CT molecular complexity index is 900. The summed E-state index contributed by atoms with van der Waals surface area (Å²) in [6.45, 7) is 16.8. The fourth-order valence-electron chi connectivity index (χ4n) is 4.24. The molecule has 0 saturated carbocycles. The molecule has 0 spiro atoms. The van der Waals surface area contributed by atoms with Gasteiger partial charge in [0.15, 0.2) is 0 Å². The van der Waals surface area contributed by atoms with Crippen LogP contribution in [0.15, 0.2) is 18.2 Å².